The van der Waals surface area contributed by atoms with Gasteiger partial charge < -0.3 is 10.2 Å². The molecule has 2 heteroatoms. The van der Waals surface area contributed by atoms with Crippen LogP contribution in [0.4, 0.5) is 0 Å². The molecule has 0 bridgehead atoms. The Balaban J connectivity index is 1.50. The van der Waals surface area contributed by atoms with Crippen LogP contribution >= 0.6 is 0 Å². The molecule has 1 aliphatic carbocycles. The highest BCUT2D eigenvalue weighted by atomic mass is 15.2. The van der Waals surface area contributed by atoms with Crippen molar-refractivity contribution in [3.8, 4) is 0 Å². The zero-order chi connectivity index (χ0) is 12.2. The van der Waals surface area contributed by atoms with Crippen LogP contribution in [0.15, 0.2) is 30.3 Å². The van der Waals surface area contributed by atoms with Gasteiger partial charge in [-0.1, -0.05) is 36.8 Å². The summed E-state index contributed by atoms with van der Waals surface area (Å²) >= 11 is 0. The quantitative estimate of drug-likeness (QED) is 0.874. The van der Waals surface area contributed by atoms with Crippen LogP contribution < -0.4 is 5.32 Å². The van der Waals surface area contributed by atoms with E-state index in [2.05, 4.69) is 40.5 Å². The van der Waals surface area contributed by atoms with E-state index in [0.717, 1.165) is 12.5 Å². The highest BCUT2D eigenvalue weighted by Crippen LogP contribution is 2.27. The first kappa shape index (κ1) is 12.2. The van der Waals surface area contributed by atoms with Crippen molar-refractivity contribution in [2.75, 3.05) is 26.2 Å². The fraction of sp³-hybridized carbons (Fsp3) is 0.625. The minimum Gasteiger partial charge on any atom is -0.311 e. The molecule has 18 heavy (non-hydrogen) atoms. The second kappa shape index (κ2) is 5.85. The molecule has 1 aromatic carbocycles. The van der Waals surface area contributed by atoms with E-state index in [-0.39, 0.29) is 0 Å². The average molecular weight is 244 g/mol. The number of piperazine rings is 1. The molecule has 1 heterocycles. The van der Waals surface area contributed by atoms with Crippen LogP contribution in [0.25, 0.3) is 0 Å². The van der Waals surface area contributed by atoms with Crippen LogP contribution in [0.3, 0.4) is 0 Å². The van der Waals surface area contributed by atoms with Crippen molar-refractivity contribution in [2.24, 2.45) is 5.92 Å². The van der Waals surface area contributed by atoms with Gasteiger partial charge in [0.1, 0.15) is 0 Å². The number of rotatable bonds is 4. The lowest BCUT2D eigenvalue weighted by atomic mass is 9.85. The van der Waals surface area contributed by atoms with E-state index >= 15 is 0 Å². The standard InChI is InChI=1S/C16H24N2/c1-2-5-14(6-3-1)11-16-13-18(10-9-17-16)12-15-7-4-8-15/h1-3,5-6,15-17H,4,7-13H2. The minimum atomic E-state index is 0.640. The molecule has 1 N–H and O–H groups in total. The number of benzene rings is 1. The van der Waals surface area contributed by atoms with E-state index in [1.165, 1.54) is 50.9 Å². The molecule has 2 aliphatic rings. The molecule has 1 aliphatic heterocycles. The molecule has 3 rings (SSSR count). The lowest BCUT2D eigenvalue weighted by Gasteiger charge is -2.38. The minimum absolute atomic E-state index is 0.640. The van der Waals surface area contributed by atoms with Crippen LogP contribution in [0.5, 0.6) is 0 Å². The third kappa shape index (κ3) is 3.12. The molecule has 2 nitrogen and oxygen atoms in total. The predicted molar refractivity (Wildman–Crippen MR) is 75.7 cm³/mol. The number of hydrogen-bond donors (Lipinski definition) is 1. The SMILES string of the molecule is c1ccc(CC2CN(CC3CCC3)CCN2)cc1. The van der Waals surface area contributed by atoms with Gasteiger partial charge in [-0.25, -0.2) is 0 Å². The van der Waals surface area contributed by atoms with Gasteiger partial charge in [-0.05, 0) is 30.7 Å². The Kier molecular flexibility index (Phi) is 3.96. The van der Waals surface area contributed by atoms with Gasteiger partial charge in [-0.2, -0.15) is 0 Å². The molecule has 0 amide bonds. The summed E-state index contributed by atoms with van der Waals surface area (Å²) in [5.41, 5.74) is 1.46. The molecule has 0 spiro atoms. The molecule has 1 saturated heterocycles. The Morgan fingerprint density at radius 2 is 2.00 bits per heavy atom. The van der Waals surface area contributed by atoms with E-state index in [4.69, 9.17) is 0 Å². The summed E-state index contributed by atoms with van der Waals surface area (Å²) in [6.45, 7) is 4.96. The summed E-state index contributed by atoms with van der Waals surface area (Å²) in [4.78, 5) is 2.67. The van der Waals surface area contributed by atoms with Gasteiger partial charge in [0, 0.05) is 32.2 Å². The summed E-state index contributed by atoms with van der Waals surface area (Å²) in [6, 6.07) is 11.5. The van der Waals surface area contributed by atoms with Gasteiger partial charge in [0.2, 0.25) is 0 Å². The van der Waals surface area contributed by atoms with Crippen molar-refractivity contribution in [1.29, 1.82) is 0 Å². The maximum absolute atomic E-state index is 3.67. The Morgan fingerprint density at radius 1 is 1.17 bits per heavy atom. The summed E-state index contributed by atoms with van der Waals surface area (Å²) in [5.74, 6) is 1.00. The maximum atomic E-state index is 3.67. The van der Waals surface area contributed by atoms with E-state index in [1.54, 1.807) is 0 Å². The van der Waals surface area contributed by atoms with Crippen LogP contribution in [-0.2, 0) is 6.42 Å². The van der Waals surface area contributed by atoms with Crippen molar-refractivity contribution in [2.45, 2.75) is 31.7 Å². The van der Waals surface area contributed by atoms with Crippen LogP contribution in [0.2, 0.25) is 0 Å². The fourth-order valence-corrected chi connectivity index (χ4v) is 3.14. The highest BCUT2D eigenvalue weighted by molar-refractivity contribution is 5.16. The largest absolute Gasteiger partial charge is 0.311 e. The average Bonchev–Trinajstić information content (AvgIpc) is 2.36. The smallest absolute Gasteiger partial charge is 0.0235 e. The Labute approximate surface area is 110 Å². The number of nitrogens with zero attached hydrogens (tertiary/aromatic N) is 1. The van der Waals surface area contributed by atoms with Gasteiger partial charge in [-0.3, -0.25) is 0 Å². The monoisotopic (exact) mass is 244 g/mol. The Hall–Kier alpha value is -0.860. The van der Waals surface area contributed by atoms with Crippen LogP contribution in [-0.4, -0.2) is 37.1 Å². The lowest BCUT2D eigenvalue weighted by molar-refractivity contribution is 0.140. The molecule has 1 saturated carbocycles. The molecule has 1 unspecified atom stereocenters. The molecule has 2 fully saturated rings. The van der Waals surface area contributed by atoms with Crippen molar-refractivity contribution in [1.82, 2.24) is 10.2 Å². The van der Waals surface area contributed by atoms with Crippen molar-refractivity contribution < 1.29 is 0 Å². The zero-order valence-electron chi connectivity index (χ0n) is 11.1. The third-order valence-corrected chi connectivity index (χ3v) is 4.41. The predicted octanol–water partition coefficient (Wildman–Crippen LogP) is 2.30. The molecule has 0 aromatic heterocycles. The normalized spacial score (nSPS) is 25.9. The highest BCUT2D eigenvalue weighted by Gasteiger charge is 2.24. The van der Waals surface area contributed by atoms with Crippen molar-refractivity contribution in [3.05, 3.63) is 35.9 Å². The van der Waals surface area contributed by atoms with Crippen molar-refractivity contribution >= 4 is 0 Å². The molecule has 98 valence electrons. The number of nitrogens with one attached hydrogen (secondary N) is 1. The fourth-order valence-electron chi connectivity index (χ4n) is 3.14. The van der Waals surface area contributed by atoms with E-state index < -0.39 is 0 Å². The lowest BCUT2D eigenvalue weighted by Crippen LogP contribution is -2.52. The summed E-state index contributed by atoms with van der Waals surface area (Å²) < 4.78 is 0. The molecule has 1 atom stereocenters. The van der Waals surface area contributed by atoms with Gasteiger partial charge >= 0.3 is 0 Å². The summed E-state index contributed by atoms with van der Waals surface area (Å²) in [6.07, 6.45) is 5.56. The third-order valence-electron chi connectivity index (χ3n) is 4.41. The van der Waals surface area contributed by atoms with Crippen LogP contribution in [0, 0.1) is 5.92 Å². The Bertz CT molecular complexity index is 359. The molecule has 1 aromatic rings. The number of hydrogen-bond acceptors (Lipinski definition) is 2. The molecular weight excluding hydrogens is 220 g/mol. The first-order valence-corrected chi connectivity index (χ1v) is 7.40. The van der Waals surface area contributed by atoms with Gasteiger partial charge in [0.05, 0.1) is 0 Å². The van der Waals surface area contributed by atoms with Gasteiger partial charge in [0.25, 0.3) is 0 Å². The van der Waals surface area contributed by atoms with Gasteiger partial charge in [0.15, 0.2) is 0 Å². The van der Waals surface area contributed by atoms with E-state index in [0.29, 0.717) is 6.04 Å². The van der Waals surface area contributed by atoms with E-state index in [9.17, 15) is 0 Å². The molecular formula is C16H24N2. The molecule has 0 radical (unpaired) electrons. The first-order valence-electron chi connectivity index (χ1n) is 7.40. The van der Waals surface area contributed by atoms with Crippen molar-refractivity contribution in [3.63, 3.8) is 0 Å². The topological polar surface area (TPSA) is 15.3 Å². The van der Waals surface area contributed by atoms with Crippen LogP contribution in [0.1, 0.15) is 24.8 Å². The Morgan fingerprint density at radius 3 is 2.72 bits per heavy atom. The van der Waals surface area contributed by atoms with E-state index in [1.807, 2.05) is 0 Å². The second-order valence-corrected chi connectivity index (χ2v) is 5.90. The first-order chi connectivity index (χ1) is 8.90. The maximum Gasteiger partial charge on any atom is 0.0235 e. The van der Waals surface area contributed by atoms with Gasteiger partial charge in [-0.15, -0.1) is 0 Å². The zero-order valence-corrected chi connectivity index (χ0v) is 11.1. The second-order valence-electron chi connectivity index (χ2n) is 5.90. The summed E-state index contributed by atoms with van der Waals surface area (Å²) in [7, 11) is 0. The summed E-state index contributed by atoms with van der Waals surface area (Å²) in [5, 5.41) is 3.67.